The topological polar surface area (TPSA) is 78.9 Å². The summed E-state index contributed by atoms with van der Waals surface area (Å²) in [7, 11) is 0. The van der Waals surface area contributed by atoms with Crippen LogP contribution >= 0.6 is 0 Å². The van der Waals surface area contributed by atoms with E-state index in [0.717, 1.165) is 5.56 Å². The number of benzene rings is 2. The molecule has 1 heterocycles. The van der Waals surface area contributed by atoms with Crippen molar-refractivity contribution in [2.24, 2.45) is 0 Å². The lowest BCUT2D eigenvalue weighted by Crippen LogP contribution is -2.13. The van der Waals surface area contributed by atoms with Crippen LogP contribution in [0.3, 0.4) is 0 Å². The summed E-state index contributed by atoms with van der Waals surface area (Å²) < 4.78 is 5.58. The van der Waals surface area contributed by atoms with Gasteiger partial charge in [0.2, 0.25) is 5.89 Å². The first-order valence-electron chi connectivity index (χ1n) is 7.02. The number of rotatable bonds is 3. The Morgan fingerprint density at radius 3 is 2.48 bits per heavy atom. The molecule has 0 spiro atoms. The first kappa shape index (κ1) is 14.5. The Labute approximate surface area is 133 Å². The molecule has 1 aromatic heterocycles. The lowest BCUT2D eigenvalue weighted by Gasteiger charge is -2.02. The molecule has 0 aliphatic heterocycles. The minimum atomic E-state index is -0.349. The summed E-state index contributed by atoms with van der Waals surface area (Å²) in [4.78, 5) is 16.6. The van der Waals surface area contributed by atoms with Gasteiger partial charge < -0.3 is 9.73 Å². The molecule has 0 bridgehead atoms. The summed E-state index contributed by atoms with van der Waals surface area (Å²) in [6.45, 7) is 1.70. The third-order valence-electron chi connectivity index (χ3n) is 3.30. The van der Waals surface area contributed by atoms with E-state index in [9.17, 15) is 4.79 Å². The van der Waals surface area contributed by atoms with Crippen molar-refractivity contribution in [1.82, 2.24) is 4.98 Å². The number of amides is 1. The molecular weight excluding hydrogens is 290 g/mol. The number of anilines is 1. The Bertz CT molecular complexity index is 875. The number of oxazole rings is 1. The normalized spacial score (nSPS) is 10.1. The van der Waals surface area contributed by atoms with Gasteiger partial charge in [-0.25, -0.2) is 4.98 Å². The number of nitrogens with zero attached hydrogens (tertiary/aromatic N) is 2. The van der Waals surface area contributed by atoms with E-state index < -0.39 is 0 Å². The summed E-state index contributed by atoms with van der Waals surface area (Å²) >= 11 is 0. The third kappa shape index (κ3) is 3.11. The van der Waals surface area contributed by atoms with E-state index in [0.29, 0.717) is 22.9 Å². The molecule has 0 aliphatic carbocycles. The molecule has 0 aliphatic rings. The summed E-state index contributed by atoms with van der Waals surface area (Å²) in [5, 5.41) is 11.5. The van der Waals surface area contributed by atoms with E-state index >= 15 is 0 Å². The number of aryl methyl sites for hydroxylation is 1. The molecular formula is C18H13N3O2. The average Bonchev–Trinajstić information content (AvgIpc) is 2.98. The van der Waals surface area contributed by atoms with Crippen molar-refractivity contribution in [3.8, 4) is 17.5 Å². The van der Waals surface area contributed by atoms with Crippen LogP contribution in [0.2, 0.25) is 0 Å². The highest BCUT2D eigenvalue weighted by Crippen LogP contribution is 2.22. The van der Waals surface area contributed by atoms with Crippen LogP contribution in [0.15, 0.2) is 59.0 Å². The second kappa shape index (κ2) is 6.16. The van der Waals surface area contributed by atoms with E-state index in [-0.39, 0.29) is 11.6 Å². The smallest absolute Gasteiger partial charge is 0.277 e. The number of aromatic nitrogens is 1. The van der Waals surface area contributed by atoms with Crippen LogP contribution < -0.4 is 5.32 Å². The zero-order chi connectivity index (χ0) is 16.2. The van der Waals surface area contributed by atoms with Crippen molar-refractivity contribution < 1.29 is 9.21 Å². The Hall–Kier alpha value is -3.39. The molecule has 5 nitrogen and oxygen atoms in total. The summed E-state index contributed by atoms with van der Waals surface area (Å²) in [5.74, 6) is 0.515. The fourth-order valence-corrected chi connectivity index (χ4v) is 2.13. The molecule has 0 saturated carbocycles. The number of nitriles is 1. The molecule has 3 aromatic rings. The van der Waals surface area contributed by atoms with Crippen molar-refractivity contribution in [3.63, 3.8) is 0 Å². The Morgan fingerprint density at radius 2 is 1.83 bits per heavy atom. The van der Waals surface area contributed by atoms with Crippen molar-refractivity contribution in [1.29, 1.82) is 5.26 Å². The van der Waals surface area contributed by atoms with Crippen LogP contribution in [0, 0.1) is 18.3 Å². The van der Waals surface area contributed by atoms with Crippen molar-refractivity contribution in [2.75, 3.05) is 5.32 Å². The summed E-state index contributed by atoms with van der Waals surface area (Å²) in [6, 6.07) is 18.0. The number of nitrogens with one attached hydrogen (secondary N) is 1. The predicted molar refractivity (Wildman–Crippen MR) is 85.8 cm³/mol. The standard InChI is InChI=1S/C18H13N3O2/c1-12-16(21-18(23-12)14-5-3-2-4-6-14)17(22)20-15-9-7-13(11-19)8-10-15/h2-10H,1H3,(H,20,22). The first-order chi connectivity index (χ1) is 11.2. The van der Waals surface area contributed by atoms with Crippen molar-refractivity contribution in [2.45, 2.75) is 6.92 Å². The summed E-state index contributed by atoms with van der Waals surface area (Å²) in [5.41, 5.74) is 2.19. The maximum atomic E-state index is 12.3. The van der Waals surface area contributed by atoms with Gasteiger partial charge in [-0.3, -0.25) is 4.79 Å². The maximum Gasteiger partial charge on any atom is 0.277 e. The van der Waals surface area contributed by atoms with Gasteiger partial charge in [-0.05, 0) is 43.3 Å². The Morgan fingerprint density at radius 1 is 1.13 bits per heavy atom. The molecule has 1 N–H and O–H groups in total. The van der Waals surface area contributed by atoms with Gasteiger partial charge in [0.05, 0.1) is 11.6 Å². The van der Waals surface area contributed by atoms with Crippen LogP contribution in [-0.4, -0.2) is 10.9 Å². The zero-order valence-electron chi connectivity index (χ0n) is 12.4. The molecule has 5 heteroatoms. The molecule has 23 heavy (non-hydrogen) atoms. The average molecular weight is 303 g/mol. The Kier molecular flexibility index (Phi) is 3.89. The minimum Gasteiger partial charge on any atom is -0.441 e. The second-order valence-corrected chi connectivity index (χ2v) is 4.93. The molecule has 0 saturated heterocycles. The first-order valence-corrected chi connectivity index (χ1v) is 7.02. The highest BCUT2D eigenvalue weighted by molar-refractivity contribution is 6.03. The van der Waals surface area contributed by atoms with Gasteiger partial charge in [0.15, 0.2) is 5.69 Å². The lowest BCUT2D eigenvalue weighted by molar-refractivity contribution is 0.102. The predicted octanol–water partition coefficient (Wildman–Crippen LogP) is 3.77. The number of hydrogen-bond donors (Lipinski definition) is 1. The number of hydrogen-bond acceptors (Lipinski definition) is 4. The number of carbonyl (C=O) groups excluding carboxylic acids is 1. The van der Waals surface area contributed by atoms with Gasteiger partial charge in [0, 0.05) is 11.3 Å². The fourth-order valence-electron chi connectivity index (χ4n) is 2.13. The van der Waals surface area contributed by atoms with Crippen LogP contribution in [-0.2, 0) is 0 Å². The maximum absolute atomic E-state index is 12.3. The third-order valence-corrected chi connectivity index (χ3v) is 3.30. The van der Waals surface area contributed by atoms with Crippen LogP contribution in [0.25, 0.3) is 11.5 Å². The van der Waals surface area contributed by atoms with Gasteiger partial charge in [0.25, 0.3) is 5.91 Å². The van der Waals surface area contributed by atoms with Crippen LogP contribution in [0.4, 0.5) is 5.69 Å². The van der Waals surface area contributed by atoms with E-state index in [1.54, 1.807) is 31.2 Å². The molecule has 0 atom stereocenters. The SMILES string of the molecule is Cc1oc(-c2ccccc2)nc1C(=O)Nc1ccc(C#N)cc1. The van der Waals surface area contributed by atoms with E-state index in [1.165, 1.54) is 0 Å². The monoisotopic (exact) mass is 303 g/mol. The highest BCUT2D eigenvalue weighted by atomic mass is 16.4. The minimum absolute atomic E-state index is 0.244. The van der Waals surface area contributed by atoms with Crippen molar-refractivity contribution >= 4 is 11.6 Å². The van der Waals surface area contributed by atoms with Gasteiger partial charge in [0.1, 0.15) is 5.76 Å². The lowest BCUT2D eigenvalue weighted by atomic mass is 10.2. The van der Waals surface area contributed by atoms with Gasteiger partial charge in [-0.1, -0.05) is 18.2 Å². The zero-order valence-corrected chi connectivity index (χ0v) is 12.4. The highest BCUT2D eigenvalue weighted by Gasteiger charge is 2.18. The number of carbonyl (C=O) groups is 1. The quantitative estimate of drug-likeness (QED) is 0.798. The largest absolute Gasteiger partial charge is 0.441 e. The van der Waals surface area contributed by atoms with Gasteiger partial charge in [-0.15, -0.1) is 0 Å². The second-order valence-electron chi connectivity index (χ2n) is 4.93. The van der Waals surface area contributed by atoms with E-state index in [4.69, 9.17) is 9.68 Å². The molecule has 2 aromatic carbocycles. The van der Waals surface area contributed by atoms with Gasteiger partial charge >= 0.3 is 0 Å². The molecule has 112 valence electrons. The van der Waals surface area contributed by atoms with Crippen molar-refractivity contribution in [3.05, 3.63) is 71.6 Å². The fraction of sp³-hybridized carbons (Fsp3) is 0.0556. The van der Waals surface area contributed by atoms with Gasteiger partial charge in [-0.2, -0.15) is 5.26 Å². The molecule has 0 radical (unpaired) electrons. The van der Waals surface area contributed by atoms with Crippen LogP contribution in [0.5, 0.6) is 0 Å². The molecule has 0 unspecified atom stereocenters. The van der Waals surface area contributed by atoms with E-state index in [1.807, 2.05) is 36.4 Å². The van der Waals surface area contributed by atoms with E-state index in [2.05, 4.69) is 10.3 Å². The molecule has 0 fully saturated rings. The Balaban J connectivity index is 1.82. The van der Waals surface area contributed by atoms with Crippen LogP contribution in [0.1, 0.15) is 21.8 Å². The molecule has 3 rings (SSSR count). The molecule has 1 amide bonds. The summed E-state index contributed by atoms with van der Waals surface area (Å²) in [6.07, 6.45) is 0.